The molecule has 0 unspecified atom stereocenters. The quantitative estimate of drug-likeness (QED) is 0.515. The Labute approximate surface area is 176 Å². The third-order valence-electron chi connectivity index (χ3n) is 4.66. The summed E-state index contributed by atoms with van der Waals surface area (Å²) in [6, 6.07) is 17.2. The fourth-order valence-electron chi connectivity index (χ4n) is 2.85. The summed E-state index contributed by atoms with van der Waals surface area (Å²) >= 11 is 0. The number of nitrogens with one attached hydrogen (secondary N) is 2. The predicted molar refractivity (Wildman–Crippen MR) is 118 cm³/mol. The second kappa shape index (κ2) is 9.73. The number of hydrogen-bond acceptors (Lipinski definition) is 7. The van der Waals surface area contributed by atoms with E-state index in [1.54, 1.807) is 18.2 Å². The van der Waals surface area contributed by atoms with Gasteiger partial charge in [-0.15, -0.1) is 0 Å². The van der Waals surface area contributed by atoms with Gasteiger partial charge in [-0.05, 0) is 25.5 Å². The van der Waals surface area contributed by atoms with Crippen LogP contribution in [0.15, 0.2) is 54.6 Å². The van der Waals surface area contributed by atoms with Crippen molar-refractivity contribution in [2.75, 3.05) is 24.9 Å². The molecule has 1 atom stereocenters. The van der Waals surface area contributed by atoms with Crippen molar-refractivity contribution in [3.63, 3.8) is 0 Å². The van der Waals surface area contributed by atoms with Crippen LogP contribution in [0.1, 0.15) is 30.6 Å². The van der Waals surface area contributed by atoms with Crippen LogP contribution >= 0.6 is 0 Å². The molecule has 0 aliphatic heterocycles. The van der Waals surface area contributed by atoms with Gasteiger partial charge in [0.25, 0.3) is 0 Å². The number of nitrogens with zero attached hydrogens (tertiary/aromatic N) is 2. The number of carbonyl (C=O) groups is 1. The van der Waals surface area contributed by atoms with Crippen LogP contribution in [0.4, 0.5) is 17.5 Å². The number of methoxy groups -OCH3 is 2. The lowest BCUT2D eigenvalue weighted by atomic mass is 10.1. The van der Waals surface area contributed by atoms with Crippen LogP contribution in [-0.2, 0) is 4.74 Å². The molecule has 0 aliphatic carbocycles. The highest BCUT2D eigenvalue weighted by Crippen LogP contribution is 2.28. The molecule has 0 amide bonds. The molecule has 0 bridgehead atoms. The van der Waals surface area contributed by atoms with E-state index in [2.05, 4.69) is 34.4 Å². The molecule has 7 nitrogen and oxygen atoms in total. The predicted octanol–water partition coefficient (Wildman–Crippen LogP) is 4.89. The standard InChI is InChI=1S/C23H26N4O3/c1-5-15(2)24-23-26-19(16-9-7-6-8-10-16)14-21(27-23)25-17-11-12-18(22(28)30-4)20(13-17)29-3/h6-15H,5H2,1-4H3,(H2,24,25,26,27)/t15-/m1/s1. The molecule has 3 aromatic rings. The van der Waals surface area contributed by atoms with Crippen LogP contribution in [0.3, 0.4) is 0 Å². The number of benzene rings is 2. The maximum Gasteiger partial charge on any atom is 0.341 e. The van der Waals surface area contributed by atoms with Gasteiger partial charge in [0.2, 0.25) is 5.95 Å². The number of hydrogen-bond donors (Lipinski definition) is 2. The SMILES string of the molecule is CC[C@@H](C)Nc1nc(Nc2ccc(C(=O)OC)c(OC)c2)cc(-c2ccccc2)n1. The van der Waals surface area contributed by atoms with E-state index in [0.717, 1.165) is 23.4 Å². The Balaban J connectivity index is 1.96. The molecule has 156 valence electrons. The van der Waals surface area contributed by atoms with Crippen LogP contribution in [-0.4, -0.2) is 36.2 Å². The van der Waals surface area contributed by atoms with Crippen molar-refractivity contribution < 1.29 is 14.3 Å². The smallest absolute Gasteiger partial charge is 0.341 e. The Bertz CT molecular complexity index is 1010. The van der Waals surface area contributed by atoms with Crippen LogP contribution in [0.2, 0.25) is 0 Å². The molecule has 0 spiro atoms. The average Bonchev–Trinajstić information content (AvgIpc) is 2.78. The number of carbonyl (C=O) groups excluding carboxylic acids is 1. The van der Waals surface area contributed by atoms with Crippen molar-refractivity contribution in [2.24, 2.45) is 0 Å². The summed E-state index contributed by atoms with van der Waals surface area (Å²) in [5, 5.41) is 6.62. The van der Waals surface area contributed by atoms with Crippen molar-refractivity contribution >= 4 is 23.4 Å². The van der Waals surface area contributed by atoms with Crippen LogP contribution < -0.4 is 15.4 Å². The molecule has 2 N–H and O–H groups in total. The van der Waals surface area contributed by atoms with Crippen LogP contribution in [0.25, 0.3) is 11.3 Å². The van der Waals surface area contributed by atoms with Gasteiger partial charge in [0, 0.05) is 29.4 Å². The van der Waals surface area contributed by atoms with Gasteiger partial charge in [-0.1, -0.05) is 37.3 Å². The molecule has 30 heavy (non-hydrogen) atoms. The zero-order valence-electron chi connectivity index (χ0n) is 17.6. The van der Waals surface area contributed by atoms with Crippen molar-refractivity contribution in [3.8, 4) is 17.0 Å². The fraction of sp³-hybridized carbons (Fsp3) is 0.261. The number of esters is 1. The lowest BCUT2D eigenvalue weighted by Gasteiger charge is -2.15. The Morgan fingerprint density at radius 2 is 1.83 bits per heavy atom. The topological polar surface area (TPSA) is 85.4 Å². The van der Waals surface area contributed by atoms with E-state index in [-0.39, 0.29) is 6.04 Å². The Morgan fingerprint density at radius 3 is 2.50 bits per heavy atom. The number of anilines is 3. The first-order valence-corrected chi connectivity index (χ1v) is 9.78. The van der Waals surface area contributed by atoms with Crippen molar-refractivity contribution in [1.29, 1.82) is 0 Å². The summed E-state index contributed by atoms with van der Waals surface area (Å²) in [6.45, 7) is 4.19. The molecule has 0 radical (unpaired) electrons. The monoisotopic (exact) mass is 406 g/mol. The van der Waals surface area contributed by atoms with E-state index >= 15 is 0 Å². The average molecular weight is 406 g/mol. The van der Waals surface area contributed by atoms with Crippen LogP contribution in [0, 0.1) is 0 Å². The largest absolute Gasteiger partial charge is 0.496 e. The minimum absolute atomic E-state index is 0.239. The highest BCUT2D eigenvalue weighted by atomic mass is 16.5. The highest BCUT2D eigenvalue weighted by Gasteiger charge is 2.14. The summed E-state index contributed by atoms with van der Waals surface area (Å²) in [5.74, 6) is 1.14. The van der Waals surface area contributed by atoms with Crippen molar-refractivity contribution in [2.45, 2.75) is 26.3 Å². The van der Waals surface area contributed by atoms with Gasteiger partial charge < -0.3 is 20.1 Å². The molecular formula is C23H26N4O3. The summed E-state index contributed by atoms with van der Waals surface area (Å²) in [7, 11) is 2.85. The molecule has 0 aliphatic rings. The lowest BCUT2D eigenvalue weighted by Crippen LogP contribution is -2.16. The molecule has 1 heterocycles. The zero-order valence-corrected chi connectivity index (χ0v) is 17.6. The first-order chi connectivity index (χ1) is 14.5. The van der Waals surface area contributed by atoms with Crippen molar-refractivity contribution in [1.82, 2.24) is 9.97 Å². The minimum Gasteiger partial charge on any atom is -0.496 e. The maximum atomic E-state index is 11.9. The highest BCUT2D eigenvalue weighted by molar-refractivity contribution is 5.93. The number of rotatable bonds is 8. The Kier molecular flexibility index (Phi) is 6.85. The number of ether oxygens (including phenoxy) is 2. The van der Waals surface area contributed by atoms with E-state index in [1.807, 2.05) is 36.4 Å². The van der Waals surface area contributed by atoms with E-state index in [1.165, 1.54) is 14.2 Å². The molecule has 0 saturated carbocycles. The lowest BCUT2D eigenvalue weighted by molar-refractivity contribution is 0.0597. The van der Waals surface area contributed by atoms with E-state index in [4.69, 9.17) is 9.47 Å². The Hall–Kier alpha value is -3.61. The first kappa shape index (κ1) is 21.1. The van der Waals surface area contributed by atoms with Gasteiger partial charge in [0.15, 0.2) is 0 Å². The van der Waals surface area contributed by atoms with Crippen molar-refractivity contribution in [3.05, 3.63) is 60.2 Å². The third-order valence-corrected chi connectivity index (χ3v) is 4.66. The molecular weight excluding hydrogens is 380 g/mol. The molecule has 7 heteroatoms. The van der Waals surface area contributed by atoms with Crippen LogP contribution in [0.5, 0.6) is 5.75 Å². The summed E-state index contributed by atoms with van der Waals surface area (Å²) < 4.78 is 10.1. The van der Waals surface area contributed by atoms with E-state index in [9.17, 15) is 4.79 Å². The normalized spacial score (nSPS) is 11.5. The molecule has 1 aromatic heterocycles. The summed E-state index contributed by atoms with van der Waals surface area (Å²) in [5.41, 5.74) is 2.88. The van der Waals surface area contributed by atoms with Gasteiger partial charge in [-0.25, -0.2) is 9.78 Å². The second-order valence-corrected chi connectivity index (χ2v) is 6.81. The zero-order chi connectivity index (χ0) is 21.5. The molecule has 0 saturated heterocycles. The summed E-state index contributed by atoms with van der Waals surface area (Å²) in [4.78, 5) is 21.2. The van der Waals surface area contributed by atoms with E-state index in [0.29, 0.717) is 23.1 Å². The molecule has 3 rings (SSSR count). The molecule has 0 fully saturated rings. The summed E-state index contributed by atoms with van der Waals surface area (Å²) in [6.07, 6.45) is 0.952. The maximum absolute atomic E-state index is 11.9. The third kappa shape index (κ3) is 5.05. The van der Waals surface area contributed by atoms with Gasteiger partial charge >= 0.3 is 5.97 Å². The first-order valence-electron chi connectivity index (χ1n) is 9.78. The Morgan fingerprint density at radius 1 is 1.07 bits per heavy atom. The molecule has 2 aromatic carbocycles. The fourth-order valence-corrected chi connectivity index (χ4v) is 2.85. The second-order valence-electron chi connectivity index (χ2n) is 6.81. The van der Waals surface area contributed by atoms with E-state index < -0.39 is 5.97 Å². The van der Waals surface area contributed by atoms with Gasteiger partial charge in [-0.3, -0.25) is 0 Å². The van der Waals surface area contributed by atoms with Gasteiger partial charge in [0.1, 0.15) is 17.1 Å². The minimum atomic E-state index is -0.452. The van der Waals surface area contributed by atoms with Gasteiger partial charge in [0.05, 0.1) is 19.9 Å². The van der Waals surface area contributed by atoms with Gasteiger partial charge in [-0.2, -0.15) is 4.98 Å². The number of aromatic nitrogens is 2.